The van der Waals surface area contributed by atoms with Crippen molar-refractivity contribution >= 4 is 16.8 Å². The van der Waals surface area contributed by atoms with Crippen molar-refractivity contribution in [3.8, 4) is 0 Å². The Morgan fingerprint density at radius 2 is 2.04 bits per heavy atom. The minimum Gasteiger partial charge on any atom is -0.338 e. The van der Waals surface area contributed by atoms with E-state index in [-0.39, 0.29) is 11.5 Å². The summed E-state index contributed by atoms with van der Waals surface area (Å²) in [4.78, 5) is 30.6. The van der Waals surface area contributed by atoms with Crippen molar-refractivity contribution in [3.05, 3.63) is 76.3 Å². The van der Waals surface area contributed by atoms with Crippen LogP contribution in [-0.2, 0) is 13.5 Å². The number of carbonyl (C=O) groups is 1. The van der Waals surface area contributed by atoms with Crippen molar-refractivity contribution < 1.29 is 4.79 Å². The van der Waals surface area contributed by atoms with Crippen molar-refractivity contribution in [2.24, 2.45) is 13.0 Å². The maximum atomic E-state index is 12.7. The van der Waals surface area contributed by atoms with Gasteiger partial charge in [-0.2, -0.15) is 0 Å². The van der Waals surface area contributed by atoms with Gasteiger partial charge in [-0.25, -0.2) is 0 Å². The molecule has 1 aliphatic rings. The smallest absolute Gasteiger partial charge is 0.255 e. The van der Waals surface area contributed by atoms with E-state index >= 15 is 0 Å². The number of benzene rings is 1. The van der Waals surface area contributed by atoms with Crippen LogP contribution in [0, 0.1) is 5.92 Å². The topological polar surface area (TPSA) is 55.2 Å². The summed E-state index contributed by atoms with van der Waals surface area (Å²) in [6, 6.07) is 13.3. The molecule has 2 aromatic heterocycles. The third-order valence-corrected chi connectivity index (χ3v) is 5.15. The molecule has 132 valence electrons. The van der Waals surface area contributed by atoms with E-state index in [2.05, 4.69) is 17.1 Å². The van der Waals surface area contributed by atoms with E-state index < -0.39 is 0 Å². The predicted molar refractivity (Wildman–Crippen MR) is 101 cm³/mol. The molecule has 3 heterocycles. The molecule has 0 N–H and O–H groups in total. The number of hydrogen-bond donors (Lipinski definition) is 0. The maximum absolute atomic E-state index is 12.7. The number of aryl methyl sites for hydroxylation is 1. The number of carbonyl (C=O) groups excluding carboxylic acids is 1. The molecule has 3 aromatic rings. The van der Waals surface area contributed by atoms with Gasteiger partial charge in [0.1, 0.15) is 0 Å². The highest BCUT2D eigenvalue weighted by Gasteiger charge is 2.27. The standard InChI is InChI=1S/C21H21N3O2/c1-23-14-17(6-7-20(23)25)21(26)24-11-9-15(13-24)12-16-8-10-22-19-5-3-2-4-18(16)19/h2-8,10,14-15H,9,11-13H2,1H3. The molecule has 0 aliphatic carbocycles. The Balaban J connectivity index is 1.49. The Kier molecular flexibility index (Phi) is 4.29. The van der Waals surface area contributed by atoms with Crippen LogP contribution < -0.4 is 5.56 Å². The minimum atomic E-state index is -0.106. The van der Waals surface area contributed by atoms with Crippen molar-refractivity contribution in [2.75, 3.05) is 13.1 Å². The Bertz CT molecular complexity index is 1020. The summed E-state index contributed by atoms with van der Waals surface area (Å²) in [5.74, 6) is 0.444. The van der Waals surface area contributed by atoms with Gasteiger partial charge >= 0.3 is 0 Å². The highest BCUT2D eigenvalue weighted by molar-refractivity contribution is 5.94. The van der Waals surface area contributed by atoms with Crippen LogP contribution in [0.1, 0.15) is 22.3 Å². The molecule has 1 atom stereocenters. The average molecular weight is 347 g/mol. The second kappa shape index (κ2) is 6.75. The number of amides is 1. The molecular weight excluding hydrogens is 326 g/mol. The fourth-order valence-electron chi connectivity index (χ4n) is 3.73. The number of para-hydroxylation sites is 1. The monoisotopic (exact) mass is 347 g/mol. The largest absolute Gasteiger partial charge is 0.338 e. The van der Waals surface area contributed by atoms with E-state index in [9.17, 15) is 9.59 Å². The first-order valence-corrected chi connectivity index (χ1v) is 8.90. The van der Waals surface area contributed by atoms with E-state index in [1.54, 1.807) is 19.3 Å². The quantitative estimate of drug-likeness (QED) is 0.732. The first-order valence-electron chi connectivity index (χ1n) is 8.90. The number of hydrogen-bond acceptors (Lipinski definition) is 3. The molecule has 4 rings (SSSR count). The van der Waals surface area contributed by atoms with Gasteiger partial charge in [0.2, 0.25) is 5.56 Å². The Hall–Kier alpha value is -2.95. The fraction of sp³-hybridized carbons (Fsp3) is 0.286. The first kappa shape index (κ1) is 16.5. The second-order valence-electron chi connectivity index (χ2n) is 6.96. The van der Waals surface area contributed by atoms with Gasteiger partial charge in [-0.15, -0.1) is 0 Å². The van der Waals surface area contributed by atoms with E-state index in [0.29, 0.717) is 11.5 Å². The van der Waals surface area contributed by atoms with Gasteiger partial charge < -0.3 is 9.47 Å². The molecular formula is C21H21N3O2. The van der Waals surface area contributed by atoms with Crippen LogP contribution >= 0.6 is 0 Å². The molecule has 1 aromatic carbocycles. The van der Waals surface area contributed by atoms with Gasteiger partial charge in [0, 0.05) is 44.0 Å². The normalized spacial score (nSPS) is 17.0. The number of pyridine rings is 2. The fourth-order valence-corrected chi connectivity index (χ4v) is 3.73. The summed E-state index contributed by atoms with van der Waals surface area (Å²) in [5.41, 5.74) is 2.77. The molecule has 1 unspecified atom stereocenters. The van der Waals surface area contributed by atoms with Crippen LogP contribution in [0.5, 0.6) is 0 Å². The number of likely N-dealkylation sites (tertiary alicyclic amines) is 1. The first-order chi connectivity index (χ1) is 12.6. The lowest BCUT2D eigenvalue weighted by Crippen LogP contribution is -2.30. The van der Waals surface area contributed by atoms with Crippen molar-refractivity contribution in [3.63, 3.8) is 0 Å². The number of rotatable bonds is 3. The molecule has 26 heavy (non-hydrogen) atoms. The Morgan fingerprint density at radius 1 is 1.19 bits per heavy atom. The lowest BCUT2D eigenvalue weighted by atomic mass is 9.96. The van der Waals surface area contributed by atoms with Gasteiger partial charge in [0.15, 0.2) is 0 Å². The molecule has 1 amide bonds. The predicted octanol–water partition coefficient (Wildman–Crippen LogP) is 2.64. The van der Waals surface area contributed by atoms with Gasteiger partial charge in [0.25, 0.3) is 5.91 Å². The Morgan fingerprint density at radius 3 is 2.88 bits per heavy atom. The molecule has 1 aliphatic heterocycles. The van der Waals surface area contributed by atoms with Gasteiger partial charge in [0.05, 0.1) is 11.1 Å². The lowest BCUT2D eigenvalue weighted by Gasteiger charge is -2.17. The summed E-state index contributed by atoms with van der Waals surface area (Å²) < 4.78 is 1.45. The third-order valence-electron chi connectivity index (χ3n) is 5.15. The van der Waals surface area contributed by atoms with Crippen LogP contribution in [0.4, 0.5) is 0 Å². The number of fused-ring (bicyclic) bond motifs is 1. The van der Waals surface area contributed by atoms with Crippen LogP contribution in [0.3, 0.4) is 0 Å². The molecule has 0 spiro atoms. The van der Waals surface area contributed by atoms with Gasteiger partial charge in [-0.3, -0.25) is 14.6 Å². The average Bonchev–Trinajstić information content (AvgIpc) is 3.12. The second-order valence-corrected chi connectivity index (χ2v) is 6.96. The molecule has 1 fully saturated rings. The number of nitrogens with zero attached hydrogens (tertiary/aromatic N) is 3. The zero-order valence-electron chi connectivity index (χ0n) is 14.8. The van der Waals surface area contributed by atoms with Crippen LogP contribution in [-0.4, -0.2) is 33.4 Å². The van der Waals surface area contributed by atoms with E-state index in [1.807, 2.05) is 29.3 Å². The van der Waals surface area contributed by atoms with E-state index in [1.165, 1.54) is 21.6 Å². The zero-order valence-corrected chi connectivity index (χ0v) is 14.8. The minimum absolute atomic E-state index is 0.00249. The lowest BCUT2D eigenvalue weighted by molar-refractivity contribution is 0.0786. The molecule has 5 nitrogen and oxygen atoms in total. The van der Waals surface area contributed by atoms with E-state index in [4.69, 9.17) is 0 Å². The van der Waals surface area contributed by atoms with Crippen molar-refractivity contribution in [1.29, 1.82) is 0 Å². The highest BCUT2D eigenvalue weighted by Crippen LogP contribution is 2.25. The van der Waals surface area contributed by atoms with Crippen LogP contribution in [0.2, 0.25) is 0 Å². The molecule has 5 heteroatoms. The summed E-state index contributed by atoms with van der Waals surface area (Å²) >= 11 is 0. The molecule has 0 saturated carbocycles. The number of aromatic nitrogens is 2. The van der Waals surface area contributed by atoms with Gasteiger partial charge in [-0.1, -0.05) is 18.2 Å². The highest BCUT2D eigenvalue weighted by atomic mass is 16.2. The Labute approximate surface area is 151 Å². The van der Waals surface area contributed by atoms with Crippen LogP contribution in [0.25, 0.3) is 10.9 Å². The summed E-state index contributed by atoms with van der Waals surface area (Å²) in [6.45, 7) is 1.51. The maximum Gasteiger partial charge on any atom is 0.255 e. The van der Waals surface area contributed by atoms with Crippen molar-refractivity contribution in [2.45, 2.75) is 12.8 Å². The van der Waals surface area contributed by atoms with Crippen molar-refractivity contribution in [1.82, 2.24) is 14.5 Å². The third kappa shape index (κ3) is 3.12. The summed E-state index contributed by atoms with van der Waals surface area (Å²) in [5, 5.41) is 1.19. The summed E-state index contributed by atoms with van der Waals surface area (Å²) in [7, 11) is 1.67. The SMILES string of the molecule is Cn1cc(C(=O)N2CCC(Cc3ccnc4ccccc34)C2)ccc1=O. The molecule has 0 radical (unpaired) electrons. The van der Waals surface area contributed by atoms with E-state index in [0.717, 1.165) is 31.4 Å². The molecule has 1 saturated heterocycles. The molecule has 0 bridgehead atoms. The zero-order chi connectivity index (χ0) is 18.1. The van der Waals surface area contributed by atoms with Gasteiger partial charge in [-0.05, 0) is 42.5 Å². The summed E-state index contributed by atoms with van der Waals surface area (Å²) in [6.07, 6.45) is 5.42. The van der Waals surface area contributed by atoms with Crippen LogP contribution in [0.15, 0.2) is 59.7 Å².